The first-order chi connectivity index (χ1) is 9.34. The molecule has 1 amide bonds. The van der Waals surface area contributed by atoms with Gasteiger partial charge in [0, 0.05) is 46.7 Å². The third kappa shape index (κ3) is 3.11. The number of hydrogen-bond acceptors (Lipinski definition) is 3. The van der Waals surface area contributed by atoms with Crippen molar-refractivity contribution in [3.63, 3.8) is 0 Å². The summed E-state index contributed by atoms with van der Waals surface area (Å²) in [5, 5.41) is 11.1. The minimum Gasteiger partial charge on any atom is -0.388 e. The number of likely N-dealkylation sites (N-methyl/N-ethyl adjacent to an activating group) is 1. The summed E-state index contributed by atoms with van der Waals surface area (Å²) in [5.74, 6) is -0.221. The lowest BCUT2D eigenvalue weighted by Gasteiger charge is -2.35. The molecule has 5 nitrogen and oxygen atoms in total. The second-order valence-electron chi connectivity index (χ2n) is 5.23. The van der Waals surface area contributed by atoms with Gasteiger partial charge in [-0.3, -0.25) is 4.79 Å². The Labute approximate surface area is 128 Å². The van der Waals surface area contributed by atoms with Crippen molar-refractivity contribution in [3.05, 3.63) is 21.9 Å². The maximum atomic E-state index is 12.4. The van der Waals surface area contributed by atoms with Gasteiger partial charge in [0.2, 0.25) is 0 Å². The van der Waals surface area contributed by atoms with Crippen LogP contribution in [0.4, 0.5) is 0 Å². The van der Waals surface area contributed by atoms with Crippen LogP contribution in [0.5, 0.6) is 0 Å². The van der Waals surface area contributed by atoms with Gasteiger partial charge in [-0.2, -0.15) is 0 Å². The molecule has 0 aliphatic carbocycles. The minimum atomic E-state index is -0.887. The van der Waals surface area contributed by atoms with E-state index in [4.69, 9.17) is 27.9 Å². The Hall–Kier alpha value is -0.750. The van der Waals surface area contributed by atoms with Gasteiger partial charge >= 0.3 is 0 Å². The first kappa shape index (κ1) is 15.6. The second kappa shape index (κ2) is 5.93. The predicted molar refractivity (Wildman–Crippen MR) is 77.4 cm³/mol. The van der Waals surface area contributed by atoms with E-state index in [2.05, 4.69) is 0 Å². The maximum absolute atomic E-state index is 12.4. The third-order valence-corrected chi connectivity index (χ3v) is 4.48. The predicted octanol–water partition coefficient (Wildman–Crippen LogP) is 1.95. The number of halogens is 2. The van der Waals surface area contributed by atoms with Crippen molar-refractivity contribution in [3.8, 4) is 0 Å². The van der Waals surface area contributed by atoms with Gasteiger partial charge in [-0.25, -0.2) is 0 Å². The van der Waals surface area contributed by atoms with Gasteiger partial charge in [0.25, 0.3) is 5.91 Å². The first-order valence-corrected chi connectivity index (χ1v) is 7.16. The van der Waals surface area contributed by atoms with Crippen molar-refractivity contribution in [2.24, 2.45) is 7.05 Å². The highest BCUT2D eigenvalue weighted by Crippen LogP contribution is 2.27. The van der Waals surface area contributed by atoms with Gasteiger partial charge in [-0.1, -0.05) is 23.2 Å². The minimum absolute atomic E-state index is 0.221. The van der Waals surface area contributed by atoms with E-state index in [-0.39, 0.29) is 12.5 Å². The van der Waals surface area contributed by atoms with E-state index in [0.29, 0.717) is 41.9 Å². The Morgan fingerprint density at radius 2 is 2.10 bits per heavy atom. The average Bonchev–Trinajstić information content (AvgIpc) is 2.66. The topological polar surface area (TPSA) is 54.7 Å². The molecule has 20 heavy (non-hydrogen) atoms. The molecule has 0 saturated carbocycles. The number of hydrogen-bond donors (Lipinski definition) is 1. The van der Waals surface area contributed by atoms with Gasteiger partial charge in [0.15, 0.2) is 0 Å². The molecule has 0 bridgehead atoms. The molecule has 2 rings (SSSR count). The lowest BCUT2D eigenvalue weighted by atomic mass is 9.94. The number of aromatic nitrogens is 1. The summed E-state index contributed by atoms with van der Waals surface area (Å²) in [6.07, 6.45) is 1.05. The van der Waals surface area contributed by atoms with Gasteiger partial charge in [-0.15, -0.1) is 0 Å². The lowest BCUT2D eigenvalue weighted by Crippen LogP contribution is -2.47. The van der Waals surface area contributed by atoms with Crippen LogP contribution >= 0.6 is 23.2 Å². The van der Waals surface area contributed by atoms with E-state index < -0.39 is 5.60 Å². The Morgan fingerprint density at radius 3 is 2.60 bits per heavy atom. The zero-order chi connectivity index (χ0) is 14.9. The van der Waals surface area contributed by atoms with Crippen molar-refractivity contribution >= 4 is 29.1 Å². The number of carbonyl (C=O) groups is 1. The van der Waals surface area contributed by atoms with Crippen LogP contribution in [0.1, 0.15) is 23.3 Å². The number of nitrogens with zero attached hydrogens (tertiary/aromatic N) is 2. The van der Waals surface area contributed by atoms with Crippen molar-refractivity contribution in [1.82, 2.24) is 9.47 Å². The van der Waals surface area contributed by atoms with Crippen LogP contribution in [0.25, 0.3) is 0 Å². The Kier molecular flexibility index (Phi) is 4.64. The Balaban J connectivity index is 2.10. The smallest absolute Gasteiger partial charge is 0.270 e. The van der Waals surface area contributed by atoms with Gasteiger partial charge in [0.1, 0.15) is 10.8 Å². The summed E-state index contributed by atoms with van der Waals surface area (Å²) < 4.78 is 6.77. The molecule has 1 aromatic heterocycles. The van der Waals surface area contributed by atoms with E-state index >= 15 is 0 Å². The van der Waals surface area contributed by atoms with E-state index in [9.17, 15) is 9.90 Å². The van der Waals surface area contributed by atoms with Gasteiger partial charge < -0.3 is 19.3 Å². The van der Waals surface area contributed by atoms with Crippen molar-refractivity contribution in [2.45, 2.75) is 18.4 Å². The van der Waals surface area contributed by atoms with Crippen LogP contribution in [0.15, 0.2) is 6.07 Å². The molecule has 7 heteroatoms. The second-order valence-corrected chi connectivity index (χ2v) is 5.99. The largest absolute Gasteiger partial charge is 0.388 e. The normalized spacial score (nSPS) is 18.1. The summed E-state index contributed by atoms with van der Waals surface area (Å²) in [7, 11) is 3.34. The molecule has 0 aromatic carbocycles. The summed E-state index contributed by atoms with van der Waals surface area (Å²) >= 11 is 11.9. The van der Waals surface area contributed by atoms with Crippen LogP contribution in [0.2, 0.25) is 10.2 Å². The number of rotatable bonds is 3. The number of carbonyl (C=O) groups excluding carboxylic acids is 1. The highest BCUT2D eigenvalue weighted by atomic mass is 35.5. The van der Waals surface area contributed by atoms with Crippen molar-refractivity contribution in [2.75, 3.05) is 26.8 Å². The molecule has 0 atom stereocenters. The molecule has 1 aliphatic heterocycles. The number of aliphatic hydroxyl groups is 1. The molecular weight excluding hydrogens is 303 g/mol. The van der Waals surface area contributed by atoms with Crippen LogP contribution in [0, 0.1) is 0 Å². The van der Waals surface area contributed by atoms with E-state index in [1.54, 1.807) is 14.1 Å². The zero-order valence-corrected chi connectivity index (χ0v) is 13.0. The van der Waals surface area contributed by atoms with Crippen molar-refractivity contribution < 1.29 is 14.6 Å². The molecule has 0 radical (unpaired) electrons. The summed E-state index contributed by atoms with van der Waals surface area (Å²) in [4.78, 5) is 13.9. The highest BCUT2D eigenvalue weighted by molar-refractivity contribution is 6.41. The number of amides is 1. The molecule has 112 valence electrons. The summed E-state index contributed by atoms with van der Waals surface area (Å²) in [6, 6.07) is 1.54. The molecule has 2 heterocycles. The van der Waals surface area contributed by atoms with Crippen LogP contribution < -0.4 is 0 Å². The lowest BCUT2D eigenvalue weighted by molar-refractivity contribution is -0.0734. The summed E-state index contributed by atoms with van der Waals surface area (Å²) in [5.41, 5.74) is -0.486. The van der Waals surface area contributed by atoms with E-state index in [0.717, 1.165) is 0 Å². The zero-order valence-electron chi connectivity index (χ0n) is 11.5. The van der Waals surface area contributed by atoms with Crippen LogP contribution in [-0.4, -0.2) is 52.9 Å². The van der Waals surface area contributed by atoms with E-state index in [1.165, 1.54) is 15.5 Å². The van der Waals surface area contributed by atoms with Gasteiger partial charge in [0.05, 0.1) is 10.6 Å². The standard InChI is InChI=1S/C13H18Cl2N2O3/c1-16(8-13(19)3-5-20-6-4-13)12(18)10-7-9(14)11(15)17(10)2/h7,19H,3-6,8H2,1-2H3. The molecule has 1 aromatic rings. The molecular formula is C13H18Cl2N2O3. The van der Waals surface area contributed by atoms with Crippen molar-refractivity contribution in [1.29, 1.82) is 0 Å². The Morgan fingerprint density at radius 1 is 1.50 bits per heavy atom. The number of ether oxygens (including phenoxy) is 1. The monoisotopic (exact) mass is 320 g/mol. The fraction of sp³-hybridized carbons (Fsp3) is 0.615. The maximum Gasteiger partial charge on any atom is 0.270 e. The quantitative estimate of drug-likeness (QED) is 0.926. The fourth-order valence-corrected chi connectivity index (χ4v) is 2.74. The van der Waals surface area contributed by atoms with Crippen LogP contribution in [-0.2, 0) is 11.8 Å². The molecule has 0 spiro atoms. The third-order valence-electron chi connectivity index (χ3n) is 3.64. The highest BCUT2D eigenvalue weighted by Gasteiger charge is 2.33. The van der Waals surface area contributed by atoms with E-state index in [1.807, 2.05) is 0 Å². The summed E-state index contributed by atoms with van der Waals surface area (Å²) in [6.45, 7) is 1.29. The van der Waals surface area contributed by atoms with Gasteiger partial charge in [-0.05, 0) is 6.07 Å². The molecule has 1 N–H and O–H groups in total. The average molecular weight is 321 g/mol. The fourth-order valence-electron chi connectivity index (χ4n) is 2.37. The first-order valence-electron chi connectivity index (χ1n) is 6.40. The molecule has 0 unspecified atom stereocenters. The van der Waals surface area contributed by atoms with Crippen LogP contribution in [0.3, 0.4) is 0 Å². The molecule has 1 aliphatic rings. The molecule has 1 saturated heterocycles. The molecule has 1 fully saturated rings. The Bertz CT molecular complexity index is 510. The SMILES string of the molecule is CN(CC1(O)CCOCC1)C(=O)c1cc(Cl)c(Cl)n1C.